The molecule has 0 aromatic carbocycles. The van der Waals surface area contributed by atoms with Crippen molar-refractivity contribution in [1.29, 1.82) is 0 Å². The van der Waals surface area contributed by atoms with Crippen molar-refractivity contribution in [2.45, 2.75) is 26.2 Å². The molecule has 3 heterocycles. The Bertz CT molecular complexity index is 621. The van der Waals surface area contributed by atoms with Crippen LogP contribution in [-0.2, 0) is 6.42 Å². The summed E-state index contributed by atoms with van der Waals surface area (Å²) in [5.41, 5.74) is 0. The molecule has 3 rings (SSSR count). The van der Waals surface area contributed by atoms with Crippen molar-refractivity contribution in [3.8, 4) is 0 Å². The zero-order valence-corrected chi connectivity index (χ0v) is 14.2. The van der Waals surface area contributed by atoms with Crippen molar-refractivity contribution in [2.75, 3.05) is 38.1 Å². The van der Waals surface area contributed by atoms with Crippen molar-refractivity contribution in [3.63, 3.8) is 0 Å². The molecule has 6 heteroatoms. The summed E-state index contributed by atoms with van der Waals surface area (Å²) in [4.78, 5) is 15.9. The van der Waals surface area contributed by atoms with E-state index in [0.717, 1.165) is 35.5 Å². The van der Waals surface area contributed by atoms with Crippen LogP contribution in [0, 0.1) is 0 Å². The van der Waals surface area contributed by atoms with E-state index in [9.17, 15) is 0 Å². The van der Waals surface area contributed by atoms with E-state index < -0.39 is 0 Å². The average molecular weight is 325 g/mol. The van der Waals surface area contributed by atoms with Gasteiger partial charge >= 0.3 is 0 Å². The Morgan fingerprint density at radius 2 is 2.10 bits per heavy atom. The molecule has 114 valence electrons. The Morgan fingerprint density at radius 1 is 1.33 bits per heavy atom. The maximum atomic E-state index is 6.09. The maximum absolute atomic E-state index is 6.09. The van der Waals surface area contributed by atoms with Crippen molar-refractivity contribution in [2.24, 2.45) is 0 Å². The molecule has 2 aromatic rings. The number of likely N-dealkylation sites (tertiary alicyclic amines) is 1. The first-order chi connectivity index (χ1) is 10.2. The molecule has 0 spiro atoms. The number of aryl methyl sites for hydroxylation is 1. The second-order valence-corrected chi connectivity index (χ2v) is 7.02. The van der Waals surface area contributed by atoms with Crippen molar-refractivity contribution in [1.82, 2.24) is 14.9 Å². The van der Waals surface area contributed by atoms with E-state index in [1.165, 1.54) is 30.8 Å². The van der Waals surface area contributed by atoms with Gasteiger partial charge in [0.15, 0.2) is 0 Å². The van der Waals surface area contributed by atoms with E-state index in [0.29, 0.717) is 5.28 Å². The normalized spacial score (nSPS) is 16.0. The second kappa shape index (κ2) is 6.46. The second-order valence-electron chi connectivity index (χ2n) is 5.57. The topological polar surface area (TPSA) is 32.3 Å². The van der Waals surface area contributed by atoms with Crippen molar-refractivity contribution in [3.05, 3.63) is 16.2 Å². The van der Waals surface area contributed by atoms with Gasteiger partial charge in [-0.2, -0.15) is 4.98 Å². The van der Waals surface area contributed by atoms with Gasteiger partial charge in [-0.1, -0.05) is 6.92 Å². The van der Waals surface area contributed by atoms with Gasteiger partial charge in [0.2, 0.25) is 5.28 Å². The van der Waals surface area contributed by atoms with Gasteiger partial charge in [-0.3, -0.25) is 0 Å². The molecule has 2 aromatic heterocycles. The molecule has 4 nitrogen and oxygen atoms in total. The number of thiophene rings is 1. The number of halogens is 1. The SMILES string of the molecule is CCc1cc2c(N(C)CCN3CCCC3)nc(Cl)nc2s1. The molecule has 0 radical (unpaired) electrons. The lowest BCUT2D eigenvalue weighted by molar-refractivity contribution is 0.346. The van der Waals surface area contributed by atoms with E-state index in [2.05, 4.69) is 39.8 Å². The summed E-state index contributed by atoms with van der Waals surface area (Å²) in [6.07, 6.45) is 3.69. The molecule has 1 aliphatic heterocycles. The van der Waals surface area contributed by atoms with Crippen LogP contribution in [-0.4, -0.2) is 48.1 Å². The van der Waals surface area contributed by atoms with Gasteiger partial charge in [0.05, 0.1) is 5.39 Å². The summed E-state index contributed by atoms with van der Waals surface area (Å²) in [6, 6.07) is 2.21. The lowest BCUT2D eigenvalue weighted by Crippen LogP contribution is -2.31. The third-order valence-electron chi connectivity index (χ3n) is 4.06. The van der Waals surface area contributed by atoms with Gasteiger partial charge in [-0.15, -0.1) is 11.3 Å². The largest absolute Gasteiger partial charge is 0.358 e. The van der Waals surface area contributed by atoms with Crippen LogP contribution in [0.4, 0.5) is 5.82 Å². The predicted octanol–water partition coefficient (Wildman–Crippen LogP) is 3.44. The molecule has 1 saturated heterocycles. The Balaban J connectivity index is 1.81. The number of anilines is 1. The van der Waals surface area contributed by atoms with Crippen LogP contribution in [0.15, 0.2) is 6.07 Å². The Labute approximate surface area is 134 Å². The van der Waals surface area contributed by atoms with Gasteiger partial charge in [-0.25, -0.2) is 4.98 Å². The fraction of sp³-hybridized carbons (Fsp3) is 0.600. The number of nitrogens with zero attached hydrogens (tertiary/aromatic N) is 4. The van der Waals surface area contributed by atoms with Gasteiger partial charge in [0.25, 0.3) is 0 Å². The van der Waals surface area contributed by atoms with Gasteiger partial charge in [0, 0.05) is 25.0 Å². The number of likely N-dealkylation sites (N-methyl/N-ethyl adjacent to an activating group) is 1. The fourth-order valence-electron chi connectivity index (χ4n) is 2.80. The smallest absolute Gasteiger partial charge is 0.225 e. The van der Waals surface area contributed by atoms with E-state index in [1.54, 1.807) is 11.3 Å². The Hall–Kier alpha value is -0.910. The van der Waals surface area contributed by atoms with Crippen molar-refractivity contribution < 1.29 is 0 Å². The lowest BCUT2D eigenvalue weighted by atomic mass is 10.3. The van der Waals surface area contributed by atoms with Crippen LogP contribution in [0.2, 0.25) is 5.28 Å². The zero-order valence-electron chi connectivity index (χ0n) is 12.6. The highest BCUT2D eigenvalue weighted by molar-refractivity contribution is 7.18. The standard InChI is InChI=1S/C15H21ClN4S/c1-3-11-10-12-13(17-15(16)18-14(12)21-11)19(2)8-9-20-6-4-5-7-20/h10H,3-9H2,1-2H3. The minimum Gasteiger partial charge on any atom is -0.358 e. The Morgan fingerprint density at radius 3 is 2.81 bits per heavy atom. The van der Waals surface area contributed by atoms with Crippen LogP contribution < -0.4 is 4.90 Å². The molecule has 0 amide bonds. The predicted molar refractivity (Wildman–Crippen MR) is 90.7 cm³/mol. The van der Waals surface area contributed by atoms with Crippen LogP contribution >= 0.6 is 22.9 Å². The van der Waals surface area contributed by atoms with E-state index in [4.69, 9.17) is 11.6 Å². The average Bonchev–Trinajstić information content (AvgIpc) is 3.12. The van der Waals surface area contributed by atoms with Crippen LogP contribution in [0.1, 0.15) is 24.6 Å². The lowest BCUT2D eigenvalue weighted by Gasteiger charge is -2.22. The Kier molecular flexibility index (Phi) is 4.62. The number of rotatable bonds is 5. The minimum absolute atomic E-state index is 0.343. The molecule has 0 atom stereocenters. The summed E-state index contributed by atoms with van der Waals surface area (Å²) in [6.45, 7) is 6.68. The number of aromatic nitrogens is 2. The van der Waals surface area contributed by atoms with Crippen LogP contribution in [0.25, 0.3) is 10.2 Å². The number of hydrogen-bond acceptors (Lipinski definition) is 5. The van der Waals surface area contributed by atoms with Gasteiger partial charge in [-0.05, 0) is 50.0 Å². The molecule has 0 N–H and O–H groups in total. The van der Waals surface area contributed by atoms with Crippen LogP contribution in [0.5, 0.6) is 0 Å². The molecule has 0 bridgehead atoms. The molecule has 1 fully saturated rings. The first kappa shape index (κ1) is 15.0. The highest BCUT2D eigenvalue weighted by Gasteiger charge is 2.16. The first-order valence-corrected chi connectivity index (χ1v) is 8.76. The quantitative estimate of drug-likeness (QED) is 0.789. The molecule has 0 unspecified atom stereocenters. The molecule has 21 heavy (non-hydrogen) atoms. The third-order valence-corrected chi connectivity index (χ3v) is 5.40. The van der Waals surface area contributed by atoms with Crippen LogP contribution in [0.3, 0.4) is 0 Å². The summed E-state index contributed by atoms with van der Waals surface area (Å²) >= 11 is 7.81. The number of fused-ring (bicyclic) bond motifs is 1. The summed E-state index contributed by atoms with van der Waals surface area (Å²) in [5.74, 6) is 0.958. The summed E-state index contributed by atoms with van der Waals surface area (Å²) in [5, 5.41) is 1.47. The van der Waals surface area contributed by atoms with Gasteiger partial charge < -0.3 is 9.80 Å². The minimum atomic E-state index is 0.343. The van der Waals surface area contributed by atoms with E-state index in [1.807, 2.05) is 0 Å². The molecular weight excluding hydrogens is 304 g/mol. The molecular formula is C15H21ClN4S. The maximum Gasteiger partial charge on any atom is 0.225 e. The zero-order chi connectivity index (χ0) is 14.8. The third kappa shape index (κ3) is 3.30. The fourth-order valence-corrected chi connectivity index (χ4v) is 3.98. The molecule has 1 aliphatic rings. The highest BCUT2D eigenvalue weighted by atomic mass is 35.5. The van der Waals surface area contributed by atoms with E-state index in [-0.39, 0.29) is 0 Å². The van der Waals surface area contributed by atoms with E-state index >= 15 is 0 Å². The molecule has 0 aliphatic carbocycles. The highest BCUT2D eigenvalue weighted by Crippen LogP contribution is 2.31. The van der Waals surface area contributed by atoms with Crippen molar-refractivity contribution >= 4 is 39.0 Å². The summed E-state index contributed by atoms with van der Waals surface area (Å²) < 4.78 is 0. The monoisotopic (exact) mass is 324 g/mol. The number of hydrogen-bond donors (Lipinski definition) is 0. The first-order valence-electron chi connectivity index (χ1n) is 7.57. The molecule has 0 saturated carbocycles. The summed E-state index contributed by atoms with van der Waals surface area (Å²) in [7, 11) is 2.09. The van der Waals surface area contributed by atoms with Gasteiger partial charge in [0.1, 0.15) is 10.6 Å².